The van der Waals surface area contributed by atoms with Crippen molar-refractivity contribution in [2.75, 3.05) is 56.3 Å². The van der Waals surface area contributed by atoms with Crippen LogP contribution in [0, 0.1) is 0 Å². The summed E-state index contributed by atoms with van der Waals surface area (Å²) in [5.41, 5.74) is 0. The highest BCUT2D eigenvalue weighted by Crippen LogP contribution is 2.45. The zero-order chi connectivity index (χ0) is 22.8. The molecule has 0 heterocycles. The molecule has 3 aromatic carbocycles. The van der Waals surface area contributed by atoms with Crippen LogP contribution in [0.2, 0.25) is 0 Å². The van der Waals surface area contributed by atoms with Crippen LogP contribution >= 0.6 is 30.1 Å². The Labute approximate surface area is 205 Å². The van der Waals surface area contributed by atoms with E-state index >= 15 is 0 Å². The highest BCUT2D eigenvalue weighted by molar-refractivity contribution is 8.32. The van der Waals surface area contributed by atoms with Crippen molar-refractivity contribution in [3.63, 3.8) is 0 Å². The predicted octanol–water partition coefficient (Wildman–Crippen LogP) is 8.68. The quantitative estimate of drug-likeness (QED) is 0.323. The SMILES string of the molecule is CS(C)(C)c1ccccc1.CS(C)(C)c1ccccc1.CS(C)(C)c1ccccc1.F.F.F. The second kappa shape index (κ2) is 16.2. The van der Waals surface area contributed by atoms with Gasteiger partial charge in [-0.05, 0) is 71.0 Å². The molecule has 3 rings (SSSR count). The first-order valence-corrected chi connectivity index (χ1v) is 18.6. The lowest BCUT2D eigenvalue weighted by molar-refractivity contribution is 1.11. The Kier molecular flexibility index (Phi) is 17.7. The van der Waals surface area contributed by atoms with E-state index in [1.54, 1.807) is 0 Å². The number of benzene rings is 3. The summed E-state index contributed by atoms with van der Waals surface area (Å²) in [5.74, 6) is 0. The van der Waals surface area contributed by atoms with Crippen LogP contribution in [0.3, 0.4) is 0 Å². The fraction of sp³-hybridized carbons (Fsp3) is 0.333. The highest BCUT2D eigenvalue weighted by atomic mass is 32.3. The smallest absolute Gasteiger partial charge is 0.0106 e. The van der Waals surface area contributed by atoms with Crippen LogP contribution in [0.15, 0.2) is 106 Å². The van der Waals surface area contributed by atoms with Crippen LogP contribution in [-0.4, -0.2) is 56.3 Å². The van der Waals surface area contributed by atoms with E-state index in [0.29, 0.717) is 0 Å². The third-order valence-electron chi connectivity index (χ3n) is 4.35. The summed E-state index contributed by atoms with van der Waals surface area (Å²) in [7, 11) is -1.51. The monoisotopic (exact) mass is 522 g/mol. The minimum absolute atomic E-state index is 0. The molecule has 0 fully saturated rings. The standard InChI is InChI=1S/3C9H14S.3FH/c3*1-10(2,3)9-7-5-4-6-8-9;;;/h3*4-8H,1-3H3;3*1H. The van der Waals surface area contributed by atoms with E-state index in [1.165, 1.54) is 14.7 Å². The molecule has 0 aliphatic rings. The van der Waals surface area contributed by atoms with Gasteiger partial charge in [0.2, 0.25) is 0 Å². The van der Waals surface area contributed by atoms with Crippen molar-refractivity contribution < 1.29 is 14.1 Å². The van der Waals surface area contributed by atoms with Gasteiger partial charge in [0, 0.05) is 0 Å². The molecular formula is C27H45F3S3. The zero-order valence-corrected chi connectivity index (χ0v) is 24.1. The van der Waals surface area contributed by atoms with Crippen LogP contribution in [0.5, 0.6) is 0 Å². The Morgan fingerprint density at radius 2 is 0.455 bits per heavy atom. The summed E-state index contributed by atoms with van der Waals surface area (Å²) in [4.78, 5) is 4.44. The maximum Gasteiger partial charge on any atom is -0.0106 e. The Balaban J connectivity index is -0.000000391. The van der Waals surface area contributed by atoms with Gasteiger partial charge in [0.15, 0.2) is 0 Å². The molecule has 6 heteroatoms. The molecule has 0 bridgehead atoms. The lowest BCUT2D eigenvalue weighted by atomic mass is 10.4. The Bertz CT molecular complexity index is 719. The van der Waals surface area contributed by atoms with Crippen molar-refractivity contribution in [3.8, 4) is 0 Å². The molecule has 0 N–H and O–H groups in total. The molecule has 0 aromatic heterocycles. The lowest BCUT2D eigenvalue weighted by Gasteiger charge is -2.25. The fourth-order valence-corrected chi connectivity index (χ4v) is 5.41. The lowest BCUT2D eigenvalue weighted by Crippen LogP contribution is -1.91. The molecule has 33 heavy (non-hydrogen) atoms. The van der Waals surface area contributed by atoms with Crippen LogP contribution in [0.4, 0.5) is 14.1 Å². The van der Waals surface area contributed by atoms with Crippen molar-refractivity contribution in [1.29, 1.82) is 0 Å². The van der Waals surface area contributed by atoms with Crippen molar-refractivity contribution in [2.24, 2.45) is 0 Å². The maximum absolute atomic E-state index is 2.31. The molecule has 0 atom stereocenters. The third kappa shape index (κ3) is 15.1. The van der Waals surface area contributed by atoms with Crippen molar-refractivity contribution in [1.82, 2.24) is 0 Å². The maximum atomic E-state index is 2.31. The van der Waals surface area contributed by atoms with Gasteiger partial charge in [0.1, 0.15) is 0 Å². The van der Waals surface area contributed by atoms with Crippen LogP contribution < -0.4 is 0 Å². The zero-order valence-electron chi connectivity index (χ0n) is 21.6. The van der Waals surface area contributed by atoms with Gasteiger partial charge in [-0.25, -0.2) is 30.1 Å². The van der Waals surface area contributed by atoms with Gasteiger partial charge >= 0.3 is 0 Å². The molecule has 3 aromatic rings. The molecular weight excluding hydrogens is 477 g/mol. The summed E-state index contributed by atoms with van der Waals surface area (Å²) < 4.78 is 0. The second-order valence-electron chi connectivity index (χ2n) is 9.45. The van der Waals surface area contributed by atoms with Gasteiger partial charge in [0.25, 0.3) is 0 Å². The molecule has 0 saturated heterocycles. The predicted molar refractivity (Wildman–Crippen MR) is 158 cm³/mol. The van der Waals surface area contributed by atoms with Crippen LogP contribution in [-0.2, 0) is 0 Å². The summed E-state index contributed by atoms with van der Waals surface area (Å²) in [5, 5.41) is 0. The molecule has 0 radical (unpaired) electrons. The van der Waals surface area contributed by atoms with Gasteiger partial charge in [-0.15, -0.1) is 0 Å². The van der Waals surface area contributed by atoms with E-state index in [0.717, 1.165) is 0 Å². The van der Waals surface area contributed by atoms with E-state index in [9.17, 15) is 0 Å². The molecule has 0 saturated carbocycles. The van der Waals surface area contributed by atoms with E-state index in [2.05, 4.69) is 147 Å². The molecule has 0 spiro atoms. The number of hydrogen-bond donors (Lipinski definition) is 0. The molecule has 0 aliphatic heterocycles. The third-order valence-corrected chi connectivity index (χ3v) is 9.41. The largest absolute Gasteiger partial charge is 0.269 e. The first-order chi connectivity index (χ1) is 13.8. The average Bonchev–Trinajstić information content (AvgIpc) is 2.69. The first-order valence-electron chi connectivity index (χ1n) is 10.0. The Hall–Kier alpha value is -1.50. The van der Waals surface area contributed by atoms with E-state index in [-0.39, 0.29) is 14.1 Å². The van der Waals surface area contributed by atoms with Gasteiger partial charge in [-0.1, -0.05) is 91.0 Å². The van der Waals surface area contributed by atoms with Crippen molar-refractivity contribution in [2.45, 2.75) is 14.7 Å². The van der Waals surface area contributed by atoms with Crippen molar-refractivity contribution in [3.05, 3.63) is 91.0 Å². The number of halogens is 3. The van der Waals surface area contributed by atoms with Crippen LogP contribution in [0.1, 0.15) is 0 Å². The second-order valence-corrected chi connectivity index (χ2v) is 21.9. The van der Waals surface area contributed by atoms with E-state index < -0.39 is 30.1 Å². The number of hydrogen-bond acceptors (Lipinski definition) is 0. The van der Waals surface area contributed by atoms with E-state index in [4.69, 9.17) is 0 Å². The fourth-order valence-electron chi connectivity index (χ4n) is 2.49. The van der Waals surface area contributed by atoms with E-state index in [1.807, 2.05) is 0 Å². The summed E-state index contributed by atoms with van der Waals surface area (Å²) in [6.45, 7) is 0. The highest BCUT2D eigenvalue weighted by Gasteiger charge is 2.06. The van der Waals surface area contributed by atoms with Gasteiger partial charge in [-0.2, -0.15) is 0 Å². The van der Waals surface area contributed by atoms with Gasteiger partial charge in [-0.3, -0.25) is 14.1 Å². The molecule has 192 valence electrons. The van der Waals surface area contributed by atoms with Gasteiger partial charge in [0.05, 0.1) is 0 Å². The van der Waals surface area contributed by atoms with Crippen LogP contribution in [0.25, 0.3) is 0 Å². The Morgan fingerprint density at radius 1 is 0.303 bits per heavy atom. The topological polar surface area (TPSA) is 0 Å². The summed E-state index contributed by atoms with van der Waals surface area (Å²) in [6, 6.07) is 32.0. The number of rotatable bonds is 3. The molecule has 0 nitrogen and oxygen atoms in total. The summed E-state index contributed by atoms with van der Waals surface area (Å²) >= 11 is 0. The average molecular weight is 523 g/mol. The minimum Gasteiger partial charge on any atom is -0.269 e. The first kappa shape index (κ1) is 36.1. The molecule has 0 unspecified atom stereocenters. The normalized spacial score (nSPS) is 11.9. The Morgan fingerprint density at radius 3 is 0.545 bits per heavy atom. The molecule has 0 amide bonds. The summed E-state index contributed by atoms with van der Waals surface area (Å²) in [6.07, 6.45) is 20.8. The van der Waals surface area contributed by atoms with Gasteiger partial charge < -0.3 is 0 Å². The van der Waals surface area contributed by atoms with Crippen molar-refractivity contribution >= 4 is 30.1 Å². The minimum atomic E-state index is -0.503. The molecule has 0 aliphatic carbocycles.